The third-order valence-corrected chi connectivity index (χ3v) is 6.59. The number of piperazine rings is 1. The average molecular weight is 371 g/mol. The van der Waals surface area contributed by atoms with E-state index in [0.29, 0.717) is 6.04 Å². The molecule has 4 aromatic carbocycles. The maximum Gasteiger partial charge on any atom is 0.0355 e. The molecule has 0 aliphatic carbocycles. The van der Waals surface area contributed by atoms with Crippen molar-refractivity contribution in [2.24, 2.45) is 0 Å². The quantitative estimate of drug-likeness (QED) is 0.325. The highest BCUT2D eigenvalue weighted by Gasteiger charge is 2.24. The molecule has 0 saturated carbocycles. The zero-order chi connectivity index (χ0) is 18.9. The van der Waals surface area contributed by atoms with Gasteiger partial charge in [-0.15, -0.1) is 0 Å². The van der Waals surface area contributed by atoms with Gasteiger partial charge in [-0.3, -0.25) is 4.90 Å². The molecule has 0 spiro atoms. The minimum atomic E-state index is 0.526. The second-order valence-electron chi connectivity index (χ2n) is 8.31. The molecule has 2 heteroatoms. The highest BCUT2D eigenvalue weighted by Crippen LogP contribution is 2.40. The van der Waals surface area contributed by atoms with E-state index in [4.69, 9.17) is 0 Å². The summed E-state index contributed by atoms with van der Waals surface area (Å²) in [5.41, 5.74) is 1.53. The van der Waals surface area contributed by atoms with E-state index >= 15 is 0 Å². The fraction of sp³-hybridized carbons (Fsp3) is 0.385. The van der Waals surface area contributed by atoms with Crippen molar-refractivity contribution in [1.82, 2.24) is 10.2 Å². The SMILES string of the molecule is CCCCC[C@@H](c1ccc2ccc3cccc4ccc1c2c34)N1CCNCC1. The van der Waals surface area contributed by atoms with E-state index in [1.165, 1.54) is 63.6 Å². The Morgan fingerprint density at radius 1 is 0.821 bits per heavy atom. The van der Waals surface area contributed by atoms with Gasteiger partial charge < -0.3 is 5.32 Å². The van der Waals surface area contributed by atoms with Crippen LogP contribution in [0.15, 0.2) is 54.6 Å². The van der Waals surface area contributed by atoms with Crippen LogP contribution < -0.4 is 5.32 Å². The summed E-state index contributed by atoms with van der Waals surface area (Å²) in [4.78, 5) is 2.72. The molecule has 1 atom stereocenters. The van der Waals surface area contributed by atoms with Gasteiger partial charge in [-0.2, -0.15) is 0 Å². The lowest BCUT2D eigenvalue weighted by Gasteiger charge is -2.36. The molecule has 0 amide bonds. The van der Waals surface area contributed by atoms with Crippen molar-refractivity contribution >= 4 is 32.3 Å². The maximum atomic E-state index is 3.52. The van der Waals surface area contributed by atoms with Crippen molar-refractivity contribution in [3.05, 3.63) is 60.2 Å². The van der Waals surface area contributed by atoms with Gasteiger partial charge in [0.05, 0.1) is 0 Å². The predicted octanol–water partition coefficient (Wildman–Crippen LogP) is 6.11. The van der Waals surface area contributed by atoms with E-state index < -0.39 is 0 Å². The minimum Gasteiger partial charge on any atom is -0.314 e. The summed E-state index contributed by atoms with van der Waals surface area (Å²) in [5, 5.41) is 12.0. The van der Waals surface area contributed by atoms with Crippen molar-refractivity contribution in [2.75, 3.05) is 26.2 Å². The van der Waals surface area contributed by atoms with Crippen molar-refractivity contribution < 1.29 is 0 Å². The highest BCUT2D eigenvalue weighted by molar-refractivity contribution is 6.23. The second-order valence-corrected chi connectivity index (χ2v) is 8.31. The monoisotopic (exact) mass is 370 g/mol. The van der Waals surface area contributed by atoms with Crippen LogP contribution in [0, 0.1) is 0 Å². The van der Waals surface area contributed by atoms with E-state index in [1.54, 1.807) is 0 Å². The van der Waals surface area contributed by atoms with Crippen molar-refractivity contribution in [2.45, 2.75) is 38.6 Å². The van der Waals surface area contributed by atoms with Gasteiger partial charge in [0.1, 0.15) is 0 Å². The Bertz CT molecular complexity index is 1060. The Labute approximate surface area is 167 Å². The van der Waals surface area contributed by atoms with Gasteiger partial charge in [0.2, 0.25) is 0 Å². The Hall–Kier alpha value is -2.16. The van der Waals surface area contributed by atoms with Crippen molar-refractivity contribution in [1.29, 1.82) is 0 Å². The lowest BCUT2D eigenvalue weighted by atomic mass is 9.88. The van der Waals surface area contributed by atoms with Gasteiger partial charge >= 0.3 is 0 Å². The summed E-state index contributed by atoms with van der Waals surface area (Å²) in [6.07, 6.45) is 5.19. The molecular formula is C26H30N2. The van der Waals surface area contributed by atoms with Crippen LogP contribution in [0.5, 0.6) is 0 Å². The first-order valence-electron chi connectivity index (χ1n) is 11.0. The van der Waals surface area contributed by atoms with Crippen LogP contribution in [-0.4, -0.2) is 31.1 Å². The smallest absolute Gasteiger partial charge is 0.0355 e. The van der Waals surface area contributed by atoms with E-state index in [1.807, 2.05) is 0 Å². The first-order chi connectivity index (χ1) is 13.9. The van der Waals surface area contributed by atoms with E-state index in [-0.39, 0.29) is 0 Å². The molecule has 0 unspecified atom stereocenters. The van der Waals surface area contributed by atoms with Gasteiger partial charge in [-0.25, -0.2) is 0 Å². The number of hydrogen-bond acceptors (Lipinski definition) is 2. The Morgan fingerprint density at radius 3 is 2.25 bits per heavy atom. The van der Waals surface area contributed by atoms with Crippen LogP contribution in [0.25, 0.3) is 32.3 Å². The second kappa shape index (κ2) is 7.69. The first-order valence-corrected chi connectivity index (χ1v) is 11.0. The molecule has 0 aromatic heterocycles. The molecule has 0 radical (unpaired) electrons. The van der Waals surface area contributed by atoms with Crippen molar-refractivity contribution in [3.8, 4) is 0 Å². The molecule has 5 rings (SSSR count). The van der Waals surface area contributed by atoms with Crippen molar-refractivity contribution in [3.63, 3.8) is 0 Å². The molecule has 4 aromatic rings. The largest absolute Gasteiger partial charge is 0.314 e. The Kier molecular flexibility index (Phi) is 4.92. The molecular weight excluding hydrogens is 340 g/mol. The minimum absolute atomic E-state index is 0.526. The first kappa shape index (κ1) is 17.9. The predicted molar refractivity (Wildman–Crippen MR) is 121 cm³/mol. The normalized spacial score (nSPS) is 17.0. The van der Waals surface area contributed by atoms with E-state index in [9.17, 15) is 0 Å². The fourth-order valence-corrected chi connectivity index (χ4v) is 5.16. The van der Waals surface area contributed by atoms with Crippen LogP contribution in [0.3, 0.4) is 0 Å². The zero-order valence-electron chi connectivity index (χ0n) is 16.9. The molecule has 144 valence electrons. The summed E-state index contributed by atoms with van der Waals surface area (Å²) in [6, 6.07) is 21.3. The molecule has 1 N–H and O–H groups in total. The van der Waals surface area contributed by atoms with Gasteiger partial charge in [0.25, 0.3) is 0 Å². The molecule has 1 aliphatic rings. The van der Waals surface area contributed by atoms with Crippen LogP contribution in [0.2, 0.25) is 0 Å². The number of hydrogen-bond donors (Lipinski definition) is 1. The Balaban J connectivity index is 1.68. The van der Waals surface area contributed by atoms with Gasteiger partial charge in [0, 0.05) is 32.2 Å². The third kappa shape index (κ3) is 3.05. The molecule has 0 bridgehead atoms. The molecule has 1 heterocycles. The maximum absolute atomic E-state index is 3.52. The molecule has 2 nitrogen and oxygen atoms in total. The summed E-state index contributed by atoms with van der Waals surface area (Å²) >= 11 is 0. The standard InChI is InChI=1S/C26H30N2/c1-2-3-4-8-24(28-17-15-27-16-18-28)22-13-11-21-10-9-19-6-5-7-20-12-14-23(22)26(21)25(19)20/h5-7,9-14,24,27H,2-4,8,15-18H2,1H3/t24-/m0/s1. The van der Waals surface area contributed by atoms with Crippen LogP contribution in [0.1, 0.15) is 44.2 Å². The topological polar surface area (TPSA) is 15.3 Å². The lowest BCUT2D eigenvalue weighted by molar-refractivity contribution is 0.164. The number of benzene rings is 4. The lowest BCUT2D eigenvalue weighted by Crippen LogP contribution is -2.45. The van der Waals surface area contributed by atoms with E-state index in [0.717, 1.165) is 26.2 Å². The number of nitrogens with zero attached hydrogens (tertiary/aromatic N) is 1. The van der Waals surface area contributed by atoms with Crippen LogP contribution in [0.4, 0.5) is 0 Å². The molecule has 1 fully saturated rings. The highest BCUT2D eigenvalue weighted by atomic mass is 15.2. The summed E-state index contributed by atoms with van der Waals surface area (Å²) in [7, 11) is 0. The fourth-order valence-electron chi connectivity index (χ4n) is 5.16. The van der Waals surface area contributed by atoms with Crippen LogP contribution >= 0.6 is 0 Å². The molecule has 1 saturated heterocycles. The zero-order valence-corrected chi connectivity index (χ0v) is 16.9. The summed E-state index contributed by atoms with van der Waals surface area (Å²) in [5.74, 6) is 0. The summed E-state index contributed by atoms with van der Waals surface area (Å²) in [6.45, 7) is 6.82. The average Bonchev–Trinajstić information content (AvgIpc) is 2.76. The van der Waals surface area contributed by atoms with E-state index in [2.05, 4.69) is 71.7 Å². The molecule has 28 heavy (non-hydrogen) atoms. The number of nitrogens with one attached hydrogen (secondary N) is 1. The van der Waals surface area contributed by atoms with Gasteiger partial charge in [0.15, 0.2) is 0 Å². The summed E-state index contributed by atoms with van der Waals surface area (Å²) < 4.78 is 0. The Morgan fingerprint density at radius 2 is 1.50 bits per heavy atom. The van der Waals surface area contributed by atoms with Crippen LogP contribution in [-0.2, 0) is 0 Å². The van der Waals surface area contributed by atoms with Gasteiger partial charge in [-0.1, -0.05) is 80.8 Å². The van der Waals surface area contributed by atoms with Gasteiger partial charge in [-0.05, 0) is 44.3 Å². The third-order valence-electron chi connectivity index (χ3n) is 6.59. The number of unbranched alkanes of at least 4 members (excludes halogenated alkanes) is 2. The molecule has 1 aliphatic heterocycles. The number of rotatable bonds is 6.